The predicted molar refractivity (Wildman–Crippen MR) is 59.7 cm³/mol. The van der Waals surface area contributed by atoms with Crippen LogP contribution >= 0.6 is 11.6 Å². The lowest BCUT2D eigenvalue weighted by molar-refractivity contribution is -0.136. The molecule has 0 aromatic heterocycles. The lowest BCUT2D eigenvalue weighted by atomic mass is 10.1. The standard InChI is InChI=1S/C12H8ClNO2/c1-2-16-12(15)6-4-9-7-11(13)5-3-10(9)8-14/h3,5,7H,2H2,1H3. The molecule has 0 unspecified atom stereocenters. The summed E-state index contributed by atoms with van der Waals surface area (Å²) in [5, 5.41) is 9.27. The first-order valence-electron chi connectivity index (χ1n) is 4.55. The number of nitriles is 1. The Morgan fingerprint density at radius 3 is 2.88 bits per heavy atom. The van der Waals surface area contributed by atoms with Crippen molar-refractivity contribution in [3.05, 3.63) is 34.3 Å². The first-order valence-corrected chi connectivity index (χ1v) is 4.93. The van der Waals surface area contributed by atoms with Crippen molar-refractivity contribution in [2.45, 2.75) is 6.92 Å². The van der Waals surface area contributed by atoms with E-state index in [1.165, 1.54) is 6.07 Å². The maximum atomic E-state index is 11.0. The number of esters is 1. The largest absolute Gasteiger partial charge is 0.456 e. The van der Waals surface area contributed by atoms with Gasteiger partial charge in [0.1, 0.15) is 6.07 Å². The number of halogens is 1. The zero-order chi connectivity index (χ0) is 12.0. The summed E-state index contributed by atoms with van der Waals surface area (Å²) < 4.78 is 4.64. The van der Waals surface area contributed by atoms with Crippen LogP contribution in [0.1, 0.15) is 18.1 Å². The molecule has 16 heavy (non-hydrogen) atoms. The van der Waals surface area contributed by atoms with E-state index in [1.54, 1.807) is 19.1 Å². The summed E-state index contributed by atoms with van der Waals surface area (Å²) in [6, 6.07) is 6.65. The molecule has 0 aliphatic carbocycles. The zero-order valence-corrected chi connectivity index (χ0v) is 9.34. The van der Waals surface area contributed by atoms with Crippen molar-refractivity contribution in [3.8, 4) is 17.9 Å². The molecule has 80 valence electrons. The summed E-state index contributed by atoms with van der Waals surface area (Å²) in [6.45, 7) is 1.97. The third-order valence-corrected chi connectivity index (χ3v) is 1.91. The molecule has 0 fully saturated rings. The number of hydrogen-bond acceptors (Lipinski definition) is 3. The van der Waals surface area contributed by atoms with Crippen molar-refractivity contribution in [1.29, 1.82) is 5.26 Å². The molecule has 0 aliphatic heterocycles. The monoisotopic (exact) mass is 233 g/mol. The molecule has 0 radical (unpaired) electrons. The predicted octanol–water partition coefficient (Wildman–Crippen LogP) is 2.13. The third-order valence-electron chi connectivity index (χ3n) is 1.68. The van der Waals surface area contributed by atoms with E-state index >= 15 is 0 Å². The van der Waals surface area contributed by atoms with Gasteiger partial charge < -0.3 is 4.74 Å². The summed E-state index contributed by atoms with van der Waals surface area (Å²) in [4.78, 5) is 11.0. The van der Waals surface area contributed by atoms with Crippen LogP contribution in [-0.2, 0) is 9.53 Å². The van der Waals surface area contributed by atoms with E-state index in [4.69, 9.17) is 16.9 Å². The van der Waals surface area contributed by atoms with Gasteiger partial charge in [-0.1, -0.05) is 17.5 Å². The Morgan fingerprint density at radius 1 is 1.50 bits per heavy atom. The van der Waals surface area contributed by atoms with Gasteiger partial charge in [0.25, 0.3) is 0 Å². The van der Waals surface area contributed by atoms with Gasteiger partial charge in [0.2, 0.25) is 0 Å². The topological polar surface area (TPSA) is 50.1 Å². The molecule has 0 bridgehead atoms. The van der Waals surface area contributed by atoms with Crippen molar-refractivity contribution >= 4 is 17.6 Å². The highest BCUT2D eigenvalue weighted by Gasteiger charge is 2.00. The fourth-order valence-corrected chi connectivity index (χ4v) is 1.18. The van der Waals surface area contributed by atoms with Gasteiger partial charge >= 0.3 is 5.97 Å². The van der Waals surface area contributed by atoms with Gasteiger partial charge in [-0.15, -0.1) is 0 Å². The normalized spacial score (nSPS) is 8.56. The molecule has 0 atom stereocenters. The summed E-state index contributed by atoms with van der Waals surface area (Å²) in [5.74, 6) is 4.22. The molecular formula is C12H8ClNO2. The van der Waals surface area contributed by atoms with E-state index in [9.17, 15) is 4.79 Å². The van der Waals surface area contributed by atoms with E-state index in [1.807, 2.05) is 6.07 Å². The van der Waals surface area contributed by atoms with Gasteiger partial charge in [-0.2, -0.15) is 5.26 Å². The van der Waals surface area contributed by atoms with Crippen molar-refractivity contribution < 1.29 is 9.53 Å². The highest BCUT2D eigenvalue weighted by Crippen LogP contribution is 2.14. The number of nitrogens with zero attached hydrogens (tertiary/aromatic N) is 1. The van der Waals surface area contributed by atoms with Crippen LogP contribution in [0, 0.1) is 23.2 Å². The number of carbonyl (C=O) groups excluding carboxylic acids is 1. The van der Waals surface area contributed by atoms with Crippen LogP contribution in [0.25, 0.3) is 0 Å². The fraction of sp³-hybridized carbons (Fsp3) is 0.167. The van der Waals surface area contributed by atoms with Crippen LogP contribution < -0.4 is 0 Å². The molecule has 0 heterocycles. The molecule has 0 aliphatic rings. The van der Waals surface area contributed by atoms with Crippen molar-refractivity contribution in [2.75, 3.05) is 6.61 Å². The Morgan fingerprint density at radius 2 is 2.25 bits per heavy atom. The second kappa shape index (κ2) is 5.80. The Balaban J connectivity index is 3.00. The molecule has 0 spiro atoms. The van der Waals surface area contributed by atoms with E-state index in [0.29, 0.717) is 16.1 Å². The summed E-state index contributed by atoms with van der Waals surface area (Å²) in [6.07, 6.45) is 0. The maximum absolute atomic E-state index is 11.0. The van der Waals surface area contributed by atoms with Gasteiger partial charge in [-0.25, -0.2) is 4.79 Å². The third kappa shape index (κ3) is 3.31. The number of ether oxygens (including phenoxy) is 1. The van der Waals surface area contributed by atoms with Gasteiger partial charge in [0.05, 0.1) is 12.2 Å². The van der Waals surface area contributed by atoms with Crippen LogP contribution in [0.4, 0.5) is 0 Å². The van der Waals surface area contributed by atoms with Crippen LogP contribution in [-0.4, -0.2) is 12.6 Å². The number of benzene rings is 1. The molecule has 1 rings (SSSR count). The first-order chi connectivity index (χ1) is 7.67. The minimum absolute atomic E-state index is 0.272. The van der Waals surface area contributed by atoms with E-state index < -0.39 is 5.97 Å². The number of hydrogen-bond donors (Lipinski definition) is 0. The minimum Gasteiger partial charge on any atom is -0.456 e. The minimum atomic E-state index is -0.619. The van der Waals surface area contributed by atoms with Crippen LogP contribution in [0.5, 0.6) is 0 Å². The molecular weight excluding hydrogens is 226 g/mol. The molecule has 0 N–H and O–H groups in total. The molecule has 4 heteroatoms. The average molecular weight is 234 g/mol. The zero-order valence-electron chi connectivity index (χ0n) is 8.58. The second-order valence-corrected chi connectivity index (χ2v) is 3.21. The molecule has 3 nitrogen and oxygen atoms in total. The molecule has 0 saturated carbocycles. The smallest absolute Gasteiger partial charge is 0.384 e. The fourth-order valence-electron chi connectivity index (χ4n) is 1.00. The lowest BCUT2D eigenvalue weighted by Crippen LogP contribution is -1.99. The average Bonchev–Trinajstić information content (AvgIpc) is 2.27. The van der Waals surface area contributed by atoms with Crippen molar-refractivity contribution in [3.63, 3.8) is 0 Å². The molecule has 0 amide bonds. The Hall–Kier alpha value is -1.97. The van der Waals surface area contributed by atoms with Gasteiger partial charge in [0.15, 0.2) is 0 Å². The van der Waals surface area contributed by atoms with Crippen LogP contribution in [0.3, 0.4) is 0 Å². The highest BCUT2D eigenvalue weighted by atomic mass is 35.5. The Kier molecular flexibility index (Phi) is 4.39. The molecule has 1 aromatic carbocycles. The molecule has 0 saturated heterocycles. The van der Waals surface area contributed by atoms with E-state index in [-0.39, 0.29) is 6.61 Å². The maximum Gasteiger partial charge on any atom is 0.384 e. The van der Waals surface area contributed by atoms with E-state index in [0.717, 1.165) is 0 Å². The van der Waals surface area contributed by atoms with Crippen molar-refractivity contribution in [2.24, 2.45) is 0 Å². The lowest BCUT2D eigenvalue weighted by Gasteiger charge is -1.95. The summed E-state index contributed by atoms with van der Waals surface area (Å²) in [7, 11) is 0. The number of rotatable bonds is 1. The van der Waals surface area contributed by atoms with E-state index in [2.05, 4.69) is 16.6 Å². The van der Waals surface area contributed by atoms with Gasteiger partial charge in [-0.3, -0.25) is 0 Å². The van der Waals surface area contributed by atoms with Gasteiger partial charge in [-0.05, 0) is 25.1 Å². The summed E-state index contributed by atoms with van der Waals surface area (Å²) >= 11 is 5.76. The Labute approximate surface area is 98.6 Å². The van der Waals surface area contributed by atoms with Gasteiger partial charge in [0, 0.05) is 16.5 Å². The summed E-state index contributed by atoms with van der Waals surface area (Å²) in [5.41, 5.74) is 0.796. The molecule has 1 aromatic rings. The highest BCUT2D eigenvalue weighted by molar-refractivity contribution is 6.30. The Bertz CT molecular complexity index is 506. The van der Waals surface area contributed by atoms with Crippen molar-refractivity contribution in [1.82, 2.24) is 0 Å². The first kappa shape index (κ1) is 12.1. The SMILES string of the molecule is CCOC(=O)C#Cc1cc(Cl)ccc1C#N. The second-order valence-electron chi connectivity index (χ2n) is 2.77. The number of carbonyl (C=O) groups is 1. The quantitative estimate of drug-likeness (QED) is 0.552. The van der Waals surface area contributed by atoms with Crippen LogP contribution in [0.15, 0.2) is 18.2 Å². The van der Waals surface area contributed by atoms with Crippen LogP contribution in [0.2, 0.25) is 5.02 Å².